The van der Waals surface area contributed by atoms with Crippen molar-refractivity contribution in [2.45, 2.75) is 12.9 Å². The summed E-state index contributed by atoms with van der Waals surface area (Å²) in [6, 6.07) is 12.1. The van der Waals surface area contributed by atoms with Gasteiger partial charge >= 0.3 is 6.36 Å². The van der Waals surface area contributed by atoms with E-state index in [1.165, 1.54) is 31.4 Å². The van der Waals surface area contributed by atoms with Crippen molar-refractivity contribution >= 4 is 5.91 Å². The molecule has 7 nitrogen and oxygen atoms in total. The normalized spacial score (nSPS) is 13.8. The Balaban J connectivity index is 1.58. The van der Waals surface area contributed by atoms with Gasteiger partial charge in [-0.3, -0.25) is 4.79 Å². The summed E-state index contributed by atoms with van der Waals surface area (Å²) in [6.45, 7) is 0.810. The van der Waals surface area contributed by atoms with Crippen molar-refractivity contribution in [3.8, 4) is 28.5 Å². The molecule has 2 heterocycles. The van der Waals surface area contributed by atoms with Crippen LogP contribution in [0.1, 0.15) is 16.2 Å². The molecule has 166 valence electrons. The fourth-order valence-electron chi connectivity index (χ4n) is 3.28. The third-order valence-electron chi connectivity index (χ3n) is 4.76. The Morgan fingerprint density at radius 2 is 1.84 bits per heavy atom. The molecular weight excluding hydrogens is 427 g/mol. The Labute approximate surface area is 181 Å². The number of carbonyl (C=O) groups excluding carboxylic acids is 1. The summed E-state index contributed by atoms with van der Waals surface area (Å²) in [6.07, 6.45) is -3.20. The number of benzene rings is 2. The number of carbonyl (C=O) groups is 1. The maximum Gasteiger partial charge on any atom is 0.573 e. The van der Waals surface area contributed by atoms with Gasteiger partial charge in [-0.05, 0) is 35.4 Å². The quantitative estimate of drug-likeness (QED) is 0.589. The first-order chi connectivity index (χ1) is 15.3. The van der Waals surface area contributed by atoms with Crippen molar-refractivity contribution in [3.05, 3.63) is 66.1 Å². The molecular formula is C22H18F3N3O4. The van der Waals surface area contributed by atoms with Gasteiger partial charge in [0.2, 0.25) is 5.88 Å². The van der Waals surface area contributed by atoms with Crippen LogP contribution in [0.3, 0.4) is 0 Å². The Bertz CT molecular complexity index is 1120. The molecule has 32 heavy (non-hydrogen) atoms. The van der Waals surface area contributed by atoms with E-state index in [2.05, 4.69) is 14.7 Å². The molecule has 1 amide bonds. The second kappa shape index (κ2) is 8.74. The van der Waals surface area contributed by atoms with E-state index in [0.717, 1.165) is 0 Å². The van der Waals surface area contributed by atoms with Crippen LogP contribution in [0.2, 0.25) is 0 Å². The van der Waals surface area contributed by atoms with E-state index >= 15 is 0 Å². The number of methoxy groups -OCH3 is 1. The first kappa shape index (κ1) is 21.4. The molecule has 1 aliphatic heterocycles. The number of aromatic nitrogens is 2. The van der Waals surface area contributed by atoms with E-state index in [1.807, 2.05) is 0 Å². The van der Waals surface area contributed by atoms with Crippen LogP contribution in [0.5, 0.6) is 17.4 Å². The van der Waals surface area contributed by atoms with Crippen molar-refractivity contribution in [1.29, 1.82) is 0 Å². The highest BCUT2D eigenvalue weighted by molar-refractivity contribution is 5.98. The highest BCUT2D eigenvalue weighted by atomic mass is 19.4. The first-order valence-corrected chi connectivity index (χ1v) is 9.60. The Morgan fingerprint density at radius 1 is 1.09 bits per heavy atom. The third kappa shape index (κ3) is 4.90. The van der Waals surface area contributed by atoms with E-state index < -0.39 is 6.36 Å². The van der Waals surface area contributed by atoms with Crippen LogP contribution in [0.25, 0.3) is 11.1 Å². The highest BCUT2D eigenvalue weighted by Crippen LogP contribution is 2.31. The van der Waals surface area contributed by atoms with Crippen LogP contribution < -0.4 is 14.2 Å². The van der Waals surface area contributed by atoms with E-state index in [1.54, 1.807) is 35.4 Å². The van der Waals surface area contributed by atoms with Gasteiger partial charge in [0.1, 0.15) is 18.1 Å². The molecule has 0 fully saturated rings. The van der Waals surface area contributed by atoms with Gasteiger partial charge in [0, 0.05) is 12.3 Å². The number of ether oxygens (including phenoxy) is 3. The van der Waals surface area contributed by atoms with Gasteiger partial charge in [-0.1, -0.05) is 18.2 Å². The monoisotopic (exact) mass is 445 g/mol. The van der Waals surface area contributed by atoms with Crippen molar-refractivity contribution in [1.82, 2.24) is 14.9 Å². The third-order valence-corrected chi connectivity index (χ3v) is 4.76. The van der Waals surface area contributed by atoms with Gasteiger partial charge in [0.05, 0.1) is 25.8 Å². The summed E-state index contributed by atoms with van der Waals surface area (Å²) in [7, 11) is 1.50. The predicted molar refractivity (Wildman–Crippen MR) is 107 cm³/mol. The van der Waals surface area contributed by atoms with Gasteiger partial charge < -0.3 is 19.1 Å². The summed E-state index contributed by atoms with van der Waals surface area (Å²) < 4.78 is 51.9. The number of fused-ring (bicyclic) bond motifs is 1. The van der Waals surface area contributed by atoms with Gasteiger partial charge in [0.25, 0.3) is 5.91 Å². The minimum atomic E-state index is -4.76. The van der Waals surface area contributed by atoms with Crippen LogP contribution in [0, 0.1) is 0 Å². The van der Waals surface area contributed by atoms with Crippen molar-refractivity contribution in [2.75, 3.05) is 20.3 Å². The molecule has 0 aliphatic carbocycles. The number of halogens is 3. The van der Waals surface area contributed by atoms with E-state index in [9.17, 15) is 18.0 Å². The van der Waals surface area contributed by atoms with Crippen molar-refractivity contribution in [3.63, 3.8) is 0 Å². The average Bonchev–Trinajstić information content (AvgIpc) is 2.92. The van der Waals surface area contributed by atoms with Gasteiger partial charge in [-0.15, -0.1) is 13.2 Å². The largest absolute Gasteiger partial charge is 0.573 e. The number of hydrogen-bond acceptors (Lipinski definition) is 6. The molecule has 0 spiro atoms. The molecule has 1 aliphatic rings. The van der Waals surface area contributed by atoms with Crippen LogP contribution in [-0.2, 0) is 6.54 Å². The lowest BCUT2D eigenvalue weighted by Gasteiger charge is -2.19. The molecule has 1 aromatic heterocycles. The van der Waals surface area contributed by atoms with E-state index in [-0.39, 0.29) is 18.2 Å². The minimum absolute atomic E-state index is 0.173. The molecule has 10 heteroatoms. The number of alkyl halides is 3. The zero-order valence-corrected chi connectivity index (χ0v) is 16.9. The Morgan fingerprint density at radius 3 is 2.56 bits per heavy atom. The lowest BCUT2D eigenvalue weighted by atomic mass is 10.0. The van der Waals surface area contributed by atoms with Crippen LogP contribution in [0.4, 0.5) is 13.2 Å². The lowest BCUT2D eigenvalue weighted by molar-refractivity contribution is -0.274. The molecule has 0 saturated heterocycles. The maximum absolute atomic E-state index is 13.2. The Hall–Kier alpha value is -3.82. The predicted octanol–water partition coefficient (Wildman–Crippen LogP) is 4.09. The number of amides is 1. The van der Waals surface area contributed by atoms with Crippen molar-refractivity contribution < 1.29 is 32.2 Å². The number of nitrogens with zero attached hydrogens (tertiary/aromatic N) is 3. The van der Waals surface area contributed by atoms with Crippen LogP contribution in [0.15, 0.2) is 54.7 Å². The molecule has 0 bridgehead atoms. The van der Waals surface area contributed by atoms with Crippen LogP contribution >= 0.6 is 0 Å². The summed E-state index contributed by atoms with van der Waals surface area (Å²) in [5.41, 5.74) is 1.62. The zero-order valence-electron chi connectivity index (χ0n) is 16.9. The summed E-state index contributed by atoms with van der Waals surface area (Å²) in [4.78, 5) is 23.2. The second-order valence-electron chi connectivity index (χ2n) is 6.87. The smallest absolute Gasteiger partial charge is 0.491 e. The molecule has 3 aromatic rings. The van der Waals surface area contributed by atoms with Crippen molar-refractivity contribution in [2.24, 2.45) is 0 Å². The SMILES string of the molecule is COc1ccnc(CN2CCOc3ccc(-c4ccc(OC(F)(F)F)cc4)cc3C2=O)n1. The highest BCUT2D eigenvalue weighted by Gasteiger charge is 2.31. The molecule has 0 radical (unpaired) electrons. The fraction of sp³-hybridized carbons (Fsp3) is 0.227. The summed E-state index contributed by atoms with van der Waals surface area (Å²) in [5.74, 6) is 0.680. The van der Waals surface area contributed by atoms with Crippen LogP contribution in [-0.4, -0.2) is 47.4 Å². The molecule has 0 unspecified atom stereocenters. The topological polar surface area (TPSA) is 73.8 Å². The number of hydrogen-bond donors (Lipinski definition) is 0. The molecule has 0 N–H and O–H groups in total. The molecule has 4 rings (SSSR count). The summed E-state index contributed by atoms with van der Waals surface area (Å²) >= 11 is 0. The van der Waals surface area contributed by atoms with E-state index in [4.69, 9.17) is 9.47 Å². The molecule has 2 aromatic carbocycles. The standard InChI is InChI=1S/C22H18F3N3O4/c1-30-20-8-9-26-19(27-20)13-28-10-11-31-18-7-4-15(12-17(18)21(28)29)14-2-5-16(6-3-14)32-22(23,24)25/h2-9,12H,10-11,13H2,1H3. The molecule has 0 atom stereocenters. The maximum atomic E-state index is 13.2. The molecule has 0 saturated carbocycles. The Kier molecular flexibility index (Phi) is 5.85. The minimum Gasteiger partial charge on any atom is -0.491 e. The lowest BCUT2D eigenvalue weighted by Crippen LogP contribution is -2.32. The average molecular weight is 445 g/mol. The summed E-state index contributed by atoms with van der Waals surface area (Å²) in [5, 5.41) is 0. The van der Waals surface area contributed by atoms with Gasteiger partial charge in [-0.2, -0.15) is 4.98 Å². The number of rotatable bonds is 5. The zero-order chi connectivity index (χ0) is 22.7. The second-order valence-corrected chi connectivity index (χ2v) is 6.87. The van der Waals surface area contributed by atoms with Gasteiger partial charge in [-0.25, -0.2) is 4.98 Å². The van der Waals surface area contributed by atoms with Gasteiger partial charge in [0.15, 0.2) is 5.82 Å². The fourth-order valence-corrected chi connectivity index (χ4v) is 3.28. The van der Waals surface area contributed by atoms with E-state index in [0.29, 0.717) is 47.3 Å². The first-order valence-electron chi connectivity index (χ1n) is 9.60.